The van der Waals surface area contributed by atoms with E-state index in [2.05, 4.69) is 15.0 Å². The summed E-state index contributed by atoms with van der Waals surface area (Å²) in [6, 6.07) is 0. The molecule has 0 radical (unpaired) electrons. The number of aromatic amines is 1. The minimum atomic E-state index is -0.777. The molecule has 0 unspecified atom stereocenters. The molecule has 1 saturated heterocycles. The second kappa shape index (κ2) is 4.54. The van der Waals surface area contributed by atoms with Crippen LogP contribution in [0.15, 0.2) is 4.79 Å². The molecule has 3 atom stereocenters. The van der Waals surface area contributed by atoms with Gasteiger partial charge in [0.25, 0.3) is 5.56 Å². The molecular weight excluding hydrogens is 266 g/mol. The van der Waals surface area contributed by atoms with Gasteiger partial charge in [0, 0.05) is 6.42 Å². The summed E-state index contributed by atoms with van der Waals surface area (Å²) in [6.45, 7) is 1.43. The van der Waals surface area contributed by atoms with Crippen LogP contribution in [0.25, 0.3) is 11.2 Å². The Kier molecular flexibility index (Phi) is 2.96. The van der Waals surface area contributed by atoms with E-state index >= 15 is 0 Å². The van der Waals surface area contributed by atoms with Crippen molar-refractivity contribution in [2.45, 2.75) is 31.8 Å². The molecule has 0 aliphatic carbocycles. The van der Waals surface area contributed by atoms with Crippen LogP contribution in [0, 0.1) is 6.92 Å². The minimum Gasteiger partial charge on any atom is -0.394 e. The number of anilines is 1. The van der Waals surface area contributed by atoms with Crippen molar-refractivity contribution in [1.82, 2.24) is 19.5 Å². The Balaban J connectivity index is 2.13. The van der Waals surface area contributed by atoms with Gasteiger partial charge in [-0.05, 0) is 6.92 Å². The minimum absolute atomic E-state index is 0.0131. The van der Waals surface area contributed by atoms with Crippen molar-refractivity contribution >= 4 is 17.1 Å². The zero-order valence-corrected chi connectivity index (χ0v) is 10.8. The SMILES string of the molecule is Cc1nc2c(=O)[nH]c(N)nc2n1[C@H]1C[C@H](O)[C@@H](CO)O1. The number of H-pyrrole nitrogens is 1. The molecule has 3 heterocycles. The number of aromatic nitrogens is 4. The Hall–Kier alpha value is -1.97. The molecule has 108 valence electrons. The molecule has 1 fully saturated rings. The van der Waals surface area contributed by atoms with Gasteiger partial charge in [-0.15, -0.1) is 0 Å². The molecule has 5 N–H and O–H groups in total. The molecule has 20 heavy (non-hydrogen) atoms. The van der Waals surface area contributed by atoms with E-state index in [1.54, 1.807) is 11.5 Å². The Morgan fingerprint density at radius 3 is 2.95 bits per heavy atom. The average molecular weight is 281 g/mol. The first-order valence-electron chi connectivity index (χ1n) is 6.20. The summed E-state index contributed by atoms with van der Waals surface area (Å²) in [6.07, 6.45) is -1.69. The van der Waals surface area contributed by atoms with Crippen LogP contribution in [0.4, 0.5) is 5.95 Å². The highest BCUT2D eigenvalue weighted by molar-refractivity contribution is 5.71. The van der Waals surface area contributed by atoms with Gasteiger partial charge in [-0.3, -0.25) is 14.3 Å². The lowest BCUT2D eigenvalue weighted by atomic mass is 10.2. The summed E-state index contributed by atoms with van der Waals surface area (Å²) >= 11 is 0. The number of fused-ring (bicyclic) bond motifs is 1. The quantitative estimate of drug-likeness (QED) is 0.533. The summed E-state index contributed by atoms with van der Waals surface area (Å²) in [5.41, 5.74) is 5.59. The summed E-state index contributed by atoms with van der Waals surface area (Å²) < 4.78 is 7.18. The van der Waals surface area contributed by atoms with E-state index in [0.717, 1.165) is 0 Å². The molecule has 0 spiro atoms. The van der Waals surface area contributed by atoms with E-state index in [4.69, 9.17) is 15.6 Å². The highest BCUT2D eigenvalue weighted by Crippen LogP contribution is 2.31. The lowest BCUT2D eigenvalue weighted by Crippen LogP contribution is -2.24. The van der Waals surface area contributed by atoms with Crippen molar-refractivity contribution in [3.05, 3.63) is 16.2 Å². The Morgan fingerprint density at radius 1 is 1.55 bits per heavy atom. The van der Waals surface area contributed by atoms with Gasteiger partial charge in [0.15, 0.2) is 11.2 Å². The number of ether oxygens (including phenoxy) is 1. The van der Waals surface area contributed by atoms with E-state index in [0.29, 0.717) is 11.5 Å². The van der Waals surface area contributed by atoms with E-state index in [9.17, 15) is 9.90 Å². The molecule has 9 heteroatoms. The number of hydrogen-bond donors (Lipinski definition) is 4. The van der Waals surface area contributed by atoms with Gasteiger partial charge in [-0.2, -0.15) is 4.98 Å². The summed E-state index contributed by atoms with van der Waals surface area (Å²) in [5.74, 6) is 0.514. The molecular formula is C11H15N5O4. The van der Waals surface area contributed by atoms with Gasteiger partial charge in [0.1, 0.15) is 18.2 Å². The third kappa shape index (κ3) is 1.87. The third-order valence-electron chi connectivity index (χ3n) is 3.42. The second-order valence-electron chi connectivity index (χ2n) is 4.77. The Morgan fingerprint density at radius 2 is 2.30 bits per heavy atom. The van der Waals surface area contributed by atoms with E-state index in [-0.39, 0.29) is 24.5 Å². The summed E-state index contributed by atoms with van der Waals surface area (Å²) in [7, 11) is 0. The second-order valence-corrected chi connectivity index (χ2v) is 4.77. The normalized spacial score (nSPS) is 26.4. The lowest BCUT2D eigenvalue weighted by Gasteiger charge is -2.15. The van der Waals surface area contributed by atoms with Crippen molar-refractivity contribution in [2.24, 2.45) is 0 Å². The van der Waals surface area contributed by atoms with E-state index in [1.165, 1.54) is 0 Å². The predicted molar refractivity (Wildman–Crippen MR) is 68.9 cm³/mol. The number of nitrogens with two attached hydrogens (primary N) is 1. The van der Waals surface area contributed by atoms with Gasteiger partial charge in [-0.25, -0.2) is 4.98 Å². The average Bonchev–Trinajstić information content (AvgIpc) is 2.89. The van der Waals surface area contributed by atoms with Crippen LogP contribution >= 0.6 is 0 Å². The monoisotopic (exact) mass is 281 g/mol. The maximum Gasteiger partial charge on any atom is 0.280 e. The first kappa shape index (κ1) is 13.0. The molecule has 0 amide bonds. The standard InChI is InChI=1S/C11H15N5O4/c1-4-13-8-9(14-11(12)15-10(8)19)16(4)7-2-5(18)6(3-17)20-7/h5-7,17-18H,2-3H2,1H3,(H3,12,14,15,19)/t5-,6+,7+/m0/s1. The number of aliphatic hydroxyl groups excluding tert-OH is 2. The molecule has 1 aliphatic heterocycles. The number of nitrogen functional groups attached to an aromatic ring is 1. The van der Waals surface area contributed by atoms with Crippen molar-refractivity contribution in [3.63, 3.8) is 0 Å². The molecule has 0 aromatic carbocycles. The van der Waals surface area contributed by atoms with Crippen LogP contribution in [-0.4, -0.2) is 48.5 Å². The molecule has 9 nitrogen and oxygen atoms in total. The first-order valence-corrected chi connectivity index (χ1v) is 6.20. The van der Waals surface area contributed by atoms with Gasteiger partial charge in [-0.1, -0.05) is 0 Å². The van der Waals surface area contributed by atoms with Crippen LogP contribution in [0.2, 0.25) is 0 Å². The number of aliphatic hydroxyl groups is 2. The van der Waals surface area contributed by atoms with Gasteiger partial charge in [0.05, 0.1) is 12.7 Å². The Labute approximate surface area is 113 Å². The van der Waals surface area contributed by atoms with Crippen LogP contribution in [-0.2, 0) is 4.74 Å². The topological polar surface area (TPSA) is 139 Å². The Bertz CT molecular complexity index is 709. The smallest absolute Gasteiger partial charge is 0.280 e. The zero-order valence-electron chi connectivity index (χ0n) is 10.8. The van der Waals surface area contributed by atoms with Crippen molar-refractivity contribution in [1.29, 1.82) is 0 Å². The summed E-state index contributed by atoms with van der Waals surface area (Å²) in [4.78, 5) is 22.4. The number of nitrogens with one attached hydrogen (secondary N) is 1. The molecule has 0 saturated carbocycles. The fraction of sp³-hybridized carbons (Fsp3) is 0.545. The van der Waals surface area contributed by atoms with Gasteiger partial charge >= 0.3 is 0 Å². The number of hydrogen-bond acceptors (Lipinski definition) is 7. The lowest BCUT2D eigenvalue weighted by molar-refractivity contribution is -0.0437. The highest BCUT2D eigenvalue weighted by Gasteiger charge is 2.36. The van der Waals surface area contributed by atoms with Crippen molar-refractivity contribution in [2.75, 3.05) is 12.3 Å². The van der Waals surface area contributed by atoms with Crippen molar-refractivity contribution in [3.8, 4) is 0 Å². The highest BCUT2D eigenvalue weighted by atomic mass is 16.5. The fourth-order valence-electron chi connectivity index (χ4n) is 2.49. The molecule has 3 rings (SSSR count). The third-order valence-corrected chi connectivity index (χ3v) is 3.42. The number of imidazole rings is 1. The summed E-state index contributed by atoms with van der Waals surface area (Å²) in [5, 5.41) is 18.9. The van der Waals surface area contributed by atoms with E-state index in [1.807, 2.05) is 0 Å². The van der Waals surface area contributed by atoms with Crippen LogP contribution in [0.5, 0.6) is 0 Å². The predicted octanol–water partition coefficient (Wildman–Crippen LogP) is -1.35. The molecule has 2 aromatic heterocycles. The largest absolute Gasteiger partial charge is 0.394 e. The number of aryl methyl sites for hydroxylation is 1. The van der Waals surface area contributed by atoms with Crippen molar-refractivity contribution < 1.29 is 14.9 Å². The number of nitrogens with zero attached hydrogens (tertiary/aromatic N) is 3. The van der Waals surface area contributed by atoms with Gasteiger partial charge < -0.3 is 20.7 Å². The van der Waals surface area contributed by atoms with E-state index < -0.39 is 24.0 Å². The van der Waals surface area contributed by atoms with Gasteiger partial charge in [0.2, 0.25) is 5.95 Å². The number of rotatable bonds is 2. The fourth-order valence-corrected chi connectivity index (χ4v) is 2.49. The maximum atomic E-state index is 11.8. The van der Waals surface area contributed by atoms with Crippen LogP contribution < -0.4 is 11.3 Å². The zero-order chi connectivity index (χ0) is 14.4. The van der Waals surface area contributed by atoms with Crippen LogP contribution in [0.3, 0.4) is 0 Å². The molecule has 1 aliphatic rings. The first-order chi connectivity index (χ1) is 9.51. The van der Waals surface area contributed by atoms with Crippen LogP contribution in [0.1, 0.15) is 18.5 Å². The molecule has 2 aromatic rings. The maximum absolute atomic E-state index is 11.8. The molecule has 0 bridgehead atoms.